The molecule has 18 heavy (non-hydrogen) atoms. The van der Waals surface area contributed by atoms with Gasteiger partial charge in [0.25, 0.3) is 0 Å². The molecule has 1 aliphatic rings. The van der Waals surface area contributed by atoms with Crippen LogP contribution in [0.1, 0.15) is 26.7 Å². The van der Waals surface area contributed by atoms with E-state index in [9.17, 15) is 4.79 Å². The van der Waals surface area contributed by atoms with E-state index >= 15 is 0 Å². The van der Waals surface area contributed by atoms with E-state index in [0.717, 1.165) is 39.0 Å². The predicted octanol–water partition coefficient (Wildman–Crippen LogP) is 1.35. The van der Waals surface area contributed by atoms with Gasteiger partial charge < -0.3 is 15.0 Å². The molecule has 0 aromatic heterocycles. The summed E-state index contributed by atoms with van der Waals surface area (Å²) in [6.45, 7) is 8.23. The summed E-state index contributed by atoms with van der Waals surface area (Å²) in [5, 5.41) is 3.39. The maximum atomic E-state index is 11.9. The molecule has 1 atom stereocenters. The van der Waals surface area contributed by atoms with Gasteiger partial charge in [0.1, 0.15) is 6.04 Å². The third-order valence-electron chi connectivity index (χ3n) is 3.78. The Morgan fingerprint density at radius 3 is 2.44 bits per heavy atom. The number of carbonyl (C=O) groups is 1. The van der Waals surface area contributed by atoms with Crippen molar-refractivity contribution < 1.29 is 9.53 Å². The molecular weight excluding hydrogens is 248 g/mol. The lowest BCUT2D eigenvalue weighted by atomic mass is 10.2. The Hall–Kier alpha value is -0.260. The number of nitrogens with one attached hydrogen (secondary N) is 1. The van der Waals surface area contributed by atoms with Crippen LogP contribution in [0.25, 0.3) is 0 Å². The van der Waals surface area contributed by atoms with Crippen molar-refractivity contribution in [2.45, 2.75) is 37.5 Å². The third kappa shape index (κ3) is 3.87. The van der Waals surface area contributed by atoms with E-state index in [1.165, 1.54) is 7.11 Å². The van der Waals surface area contributed by atoms with Crippen LogP contribution in [0, 0.1) is 0 Å². The highest BCUT2D eigenvalue weighted by Gasteiger charge is 2.52. The summed E-state index contributed by atoms with van der Waals surface area (Å²) in [7, 11) is 1.47. The Bertz CT molecular complexity index is 266. The minimum Gasteiger partial charge on any atom is -0.468 e. The van der Waals surface area contributed by atoms with Crippen LogP contribution in [0.2, 0.25) is 0 Å². The van der Waals surface area contributed by atoms with Gasteiger partial charge in [0, 0.05) is 17.8 Å². The molecule has 1 unspecified atom stereocenters. The van der Waals surface area contributed by atoms with Crippen LogP contribution < -0.4 is 5.32 Å². The molecule has 0 spiro atoms. The van der Waals surface area contributed by atoms with E-state index in [-0.39, 0.29) is 16.8 Å². The van der Waals surface area contributed by atoms with Crippen LogP contribution in [0.5, 0.6) is 0 Å². The number of rotatable bonds is 9. The van der Waals surface area contributed by atoms with E-state index < -0.39 is 0 Å². The van der Waals surface area contributed by atoms with Crippen molar-refractivity contribution in [3.05, 3.63) is 0 Å². The zero-order chi connectivity index (χ0) is 13.6. The van der Waals surface area contributed by atoms with Gasteiger partial charge in [-0.1, -0.05) is 13.8 Å². The van der Waals surface area contributed by atoms with Crippen molar-refractivity contribution in [1.82, 2.24) is 10.2 Å². The number of hydrogen-bond donors (Lipinski definition) is 1. The molecule has 0 aliphatic heterocycles. The van der Waals surface area contributed by atoms with Crippen LogP contribution in [0.4, 0.5) is 0 Å². The number of esters is 1. The Morgan fingerprint density at radius 2 is 2.06 bits per heavy atom. The lowest BCUT2D eigenvalue weighted by Gasteiger charge is -2.26. The first-order chi connectivity index (χ1) is 8.63. The molecule has 1 saturated carbocycles. The largest absolute Gasteiger partial charge is 0.468 e. The maximum Gasteiger partial charge on any atom is 0.324 e. The summed E-state index contributed by atoms with van der Waals surface area (Å²) in [4.78, 5) is 14.2. The van der Waals surface area contributed by atoms with E-state index in [4.69, 9.17) is 4.74 Å². The maximum absolute atomic E-state index is 11.9. The smallest absolute Gasteiger partial charge is 0.324 e. The number of methoxy groups -OCH3 is 1. The topological polar surface area (TPSA) is 41.6 Å². The molecule has 1 aliphatic carbocycles. The summed E-state index contributed by atoms with van der Waals surface area (Å²) in [6.07, 6.45) is 4.29. The molecule has 0 saturated heterocycles. The number of ether oxygens (including phenoxy) is 1. The fourth-order valence-electron chi connectivity index (χ4n) is 2.24. The summed E-state index contributed by atoms with van der Waals surface area (Å²) >= 11 is 1.78. The third-order valence-corrected chi connectivity index (χ3v) is 5.24. The average Bonchev–Trinajstić information content (AvgIpc) is 3.19. The van der Waals surface area contributed by atoms with Crippen molar-refractivity contribution in [2.75, 3.05) is 39.5 Å². The van der Waals surface area contributed by atoms with Crippen molar-refractivity contribution in [2.24, 2.45) is 0 Å². The van der Waals surface area contributed by atoms with E-state index in [1.807, 2.05) is 0 Å². The number of carbonyl (C=O) groups excluding carboxylic acids is 1. The SMILES string of the molecule is CCN(CC)CCNC(C(=O)OC)C1(SC)CC1. The summed E-state index contributed by atoms with van der Waals surface area (Å²) in [6, 6.07) is -0.159. The van der Waals surface area contributed by atoms with Crippen molar-refractivity contribution >= 4 is 17.7 Å². The van der Waals surface area contributed by atoms with Crippen LogP contribution in [0.15, 0.2) is 0 Å². The highest BCUT2D eigenvalue weighted by Crippen LogP contribution is 2.50. The fraction of sp³-hybridized carbons (Fsp3) is 0.923. The number of thioether (sulfide) groups is 1. The monoisotopic (exact) mass is 274 g/mol. The Labute approximate surface area is 115 Å². The number of nitrogens with zero attached hydrogens (tertiary/aromatic N) is 1. The zero-order valence-corrected chi connectivity index (χ0v) is 12.8. The molecule has 0 radical (unpaired) electrons. The Kier molecular flexibility index (Phi) is 6.46. The molecule has 1 fully saturated rings. The molecule has 0 aromatic rings. The van der Waals surface area contributed by atoms with Crippen LogP contribution >= 0.6 is 11.8 Å². The van der Waals surface area contributed by atoms with Gasteiger partial charge in [-0.05, 0) is 32.2 Å². The molecule has 0 amide bonds. The molecule has 106 valence electrons. The molecule has 0 bridgehead atoms. The molecule has 1 N–H and O–H groups in total. The van der Waals surface area contributed by atoms with Gasteiger partial charge in [0.05, 0.1) is 7.11 Å². The second-order valence-corrected chi connectivity index (χ2v) is 5.93. The van der Waals surface area contributed by atoms with E-state index in [1.54, 1.807) is 11.8 Å². The van der Waals surface area contributed by atoms with Gasteiger partial charge in [-0.25, -0.2) is 0 Å². The van der Waals surface area contributed by atoms with Crippen LogP contribution in [-0.4, -0.2) is 61.2 Å². The van der Waals surface area contributed by atoms with Gasteiger partial charge in [0.2, 0.25) is 0 Å². The van der Waals surface area contributed by atoms with Gasteiger partial charge in [-0.3, -0.25) is 4.79 Å². The van der Waals surface area contributed by atoms with Gasteiger partial charge in [-0.2, -0.15) is 11.8 Å². The quantitative estimate of drug-likeness (QED) is 0.643. The first kappa shape index (κ1) is 15.8. The van der Waals surface area contributed by atoms with Gasteiger partial charge in [-0.15, -0.1) is 0 Å². The summed E-state index contributed by atoms with van der Waals surface area (Å²) in [5.41, 5.74) is 0. The Morgan fingerprint density at radius 1 is 1.44 bits per heavy atom. The van der Waals surface area contributed by atoms with Gasteiger partial charge >= 0.3 is 5.97 Å². The molecule has 5 heteroatoms. The zero-order valence-electron chi connectivity index (χ0n) is 12.0. The van der Waals surface area contributed by atoms with Crippen LogP contribution in [-0.2, 0) is 9.53 Å². The number of likely N-dealkylation sites (N-methyl/N-ethyl adjacent to an activating group) is 1. The highest BCUT2D eigenvalue weighted by molar-refractivity contribution is 8.00. The van der Waals surface area contributed by atoms with E-state index in [0.29, 0.717) is 0 Å². The second-order valence-electron chi connectivity index (χ2n) is 4.71. The minimum absolute atomic E-state index is 0.0797. The predicted molar refractivity (Wildman–Crippen MR) is 77.1 cm³/mol. The molecule has 0 aromatic carbocycles. The van der Waals surface area contributed by atoms with Crippen LogP contribution in [0.3, 0.4) is 0 Å². The summed E-state index contributed by atoms with van der Waals surface area (Å²) < 4.78 is 5.00. The number of hydrogen-bond acceptors (Lipinski definition) is 5. The standard InChI is InChI=1S/C13H26N2O2S/c1-5-15(6-2)10-9-14-11(12(16)17-3)13(18-4)7-8-13/h11,14H,5-10H2,1-4H3. The van der Waals surface area contributed by atoms with Gasteiger partial charge in [0.15, 0.2) is 0 Å². The molecule has 1 rings (SSSR count). The van der Waals surface area contributed by atoms with Crippen molar-refractivity contribution in [1.29, 1.82) is 0 Å². The highest BCUT2D eigenvalue weighted by atomic mass is 32.2. The molecule has 0 heterocycles. The lowest BCUT2D eigenvalue weighted by Crippen LogP contribution is -2.49. The lowest BCUT2D eigenvalue weighted by molar-refractivity contribution is -0.143. The first-order valence-corrected chi connectivity index (χ1v) is 7.94. The van der Waals surface area contributed by atoms with E-state index in [2.05, 4.69) is 30.3 Å². The molecular formula is C13H26N2O2S. The van der Waals surface area contributed by atoms with Crippen molar-refractivity contribution in [3.63, 3.8) is 0 Å². The average molecular weight is 274 g/mol. The van der Waals surface area contributed by atoms with Crippen molar-refractivity contribution in [3.8, 4) is 0 Å². The minimum atomic E-state index is -0.159. The summed E-state index contributed by atoms with van der Waals surface area (Å²) in [5.74, 6) is -0.124. The fourth-order valence-corrected chi connectivity index (χ4v) is 3.17. The first-order valence-electron chi connectivity index (χ1n) is 6.72. The normalized spacial score (nSPS) is 18.7. The Balaban J connectivity index is 2.45. The molecule has 4 nitrogen and oxygen atoms in total. The second kappa shape index (κ2) is 7.36.